The van der Waals surface area contributed by atoms with Gasteiger partial charge in [0.1, 0.15) is 0 Å². The van der Waals surface area contributed by atoms with Crippen LogP contribution in [0.4, 0.5) is 0 Å². The molecule has 0 unspecified atom stereocenters. The predicted octanol–water partition coefficient (Wildman–Crippen LogP) is 2.84. The van der Waals surface area contributed by atoms with Gasteiger partial charge in [-0.15, -0.1) is 12.4 Å². The zero-order valence-corrected chi connectivity index (χ0v) is 13.2. The van der Waals surface area contributed by atoms with E-state index in [2.05, 4.69) is 10.6 Å². The minimum atomic E-state index is 0. The number of nitrogens with one attached hydrogen (secondary N) is 2. The number of rotatable bonds is 4. The van der Waals surface area contributed by atoms with Crippen LogP contribution in [-0.4, -0.2) is 25.5 Å². The Labute approximate surface area is 127 Å². The highest BCUT2D eigenvalue weighted by Gasteiger charge is 2.14. The lowest BCUT2D eigenvalue weighted by atomic mass is 9.94. The highest BCUT2D eigenvalue weighted by Crippen LogP contribution is 2.15. The minimum absolute atomic E-state index is 0. The van der Waals surface area contributed by atoms with Crippen molar-refractivity contribution in [1.29, 1.82) is 0 Å². The van der Waals surface area contributed by atoms with Crippen molar-refractivity contribution in [3.8, 4) is 0 Å². The normalized spacial score (nSPS) is 15.5. The molecule has 2 N–H and O–H groups in total. The number of carbonyl (C=O) groups is 1. The van der Waals surface area contributed by atoms with E-state index in [1.807, 2.05) is 32.0 Å². The molecule has 1 saturated heterocycles. The van der Waals surface area contributed by atoms with Crippen LogP contribution in [0, 0.1) is 19.8 Å². The summed E-state index contributed by atoms with van der Waals surface area (Å²) >= 11 is 0. The monoisotopic (exact) mass is 296 g/mol. The first-order valence-electron chi connectivity index (χ1n) is 7.23. The van der Waals surface area contributed by atoms with Gasteiger partial charge in [-0.1, -0.05) is 12.1 Å². The highest BCUT2D eigenvalue weighted by molar-refractivity contribution is 5.95. The molecule has 1 heterocycles. The average molecular weight is 297 g/mol. The molecule has 1 aliphatic heterocycles. The molecule has 1 fully saturated rings. The Morgan fingerprint density at radius 1 is 1.30 bits per heavy atom. The molecule has 0 aromatic heterocycles. The van der Waals surface area contributed by atoms with Crippen molar-refractivity contribution in [2.75, 3.05) is 19.6 Å². The summed E-state index contributed by atoms with van der Waals surface area (Å²) in [6, 6.07) is 5.90. The maximum atomic E-state index is 12.1. The Morgan fingerprint density at radius 2 is 2.00 bits per heavy atom. The highest BCUT2D eigenvalue weighted by atomic mass is 35.5. The number of piperidine rings is 1. The molecule has 4 heteroatoms. The molecule has 1 aliphatic rings. The van der Waals surface area contributed by atoms with Crippen LogP contribution >= 0.6 is 12.4 Å². The van der Waals surface area contributed by atoms with E-state index in [1.54, 1.807) is 0 Å². The second kappa shape index (κ2) is 8.28. The molecular formula is C16H25ClN2O. The number of hydrogen-bond acceptors (Lipinski definition) is 2. The van der Waals surface area contributed by atoms with Gasteiger partial charge in [0.25, 0.3) is 5.91 Å². The van der Waals surface area contributed by atoms with Crippen molar-refractivity contribution in [1.82, 2.24) is 10.6 Å². The van der Waals surface area contributed by atoms with Crippen LogP contribution in [0.1, 0.15) is 40.7 Å². The van der Waals surface area contributed by atoms with Gasteiger partial charge in [0.15, 0.2) is 0 Å². The van der Waals surface area contributed by atoms with Crippen LogP contribution in [0.25, 0.3) is 0 Å². The molecule has 0 radical (unpaired) electrons. The molecule has 0 aliphatic carbocycles. The standard InChI is InChI=1S/C16H24N2O.ClH/c1-12-4-3-5-15(13(12)2)16(19)18-11-8-14-6-9-17-10-7-14;/h3-5,14,17H,6-11H2,1-2H3,(H,18,19);1H. The van der Waals surface area contributed by atoms with Crippen LogP contribution < -0.4 is 10.6 Å². The van der Waals surface area contributed by atoms with E-state index in [0.29, 0.717) is 0 Å². The molecule has 112 valence electrons. The zero-order valence-electron chi connectivity index (χ0n) is 12.4. The number of aryl methyl sites for hydroxylation is 1. The lowest BCUT2D eigenvalue weighted by Gasteiger charge is -2.22. The Hall–Kier alpha value is -1.06. The summed E-state index contributed by atoms with van der Waals surface area (Å²) in [7, 11) is 0. The minimum Gasteiger partial charge on any atom is -0.352 e. The maximum Gasteiger partial charge on any atom is 0.251 e. The van der Waals surface area contributed by atoms with E-state index in [1.165, 1.54) is 18.4 Å². The number of benzene rings is 1. The van der Waals surface area contributed by atoms with Gasteiger partial charge in [-0.2, -0.15) is 0 Å². The molecule has 0 bridgehead atoms. The maximum absolute atomic E-state index is 12.1. The van der Waals surface area contributed by atoms with E-state index < -0.39 is 0 Å². The first-order valence-corrected chi connectivity index (χ1v) is 7.23. The van der Waals surface area contributed by atoms with Crippen molar-refractivity contribution in [3.63, 3.8) is 0 Å². The van der Waals surface area contributed by atoms with Gasteiger partial charge in [0.2, 0.25) is 0 Å². The molecule has 2 rings (SSSR count). The second-order valence-electron chi connectivity index (χ2n) is 5.49. The summed E-state index contributed by atoms with van der Waals surface area (Å²) in [5, 5.41) is 6.42. The first kappa shape index (κ1) is 17.0. The fourth-order valence-corrected chi connectivity index (χ4v) is 2.65. The predicted molar refractivity (Wildman–Crippen MR) is 85.7 cm³/mol. The SMILES string of the molecule is Cc1cccc(C(=O)NCCC2CCNCC2)c1C.Cl. The summed E-state index contributed by atoms with van der Waals surface area (Å²) in [5.41, 5.74) is 3.07. The van der Waals surface area contributed by atoms with Crippen LogP contribution in [0.5, 0.6) is 0 Å². The van der Waals surface area contributed by atoms with E-state index in [4.69, 9.17) is 0 Å². The number of amides is 1. The van der Waals surface area contributed by atoms with Crippen molar-refractivity contribution in [2.45, 2.75) is 33.1 Å². The molecule has 0 saturated carbocycles. The molecule has 0 spiro atoms. The van der Waals surface area contributed by atoms with Crippen molar-refractivity contribution in [2.24, 2.45) is 5.92 Å². The van der Waals surface area contributed by atoms with Crippen molar-refractivity contribution < 1.29 is 4.79 Å². The third-order valence-electron chi connectivity index (χ3n) is 4.15. The van der Waals surface area contributed by atoms with Crippen molar-refractivity contribution >= 4 is 18.3 Å². The quantitative estimate of drug-likeness (QED) is 0.897. The van der Waals surface area contributed by atoms with Gasteiger partial charge >= 0.3 is 0 Å². The number of carbonyl (C=O) groups excluding carboxylic acids is 1. The van der Waals surface area contributed by atoms with Gasteiger partial charge in [-0.25, -0.2) is 0 Å². The molecule has 3 nitrogen and oxygen atoms in total. The topological polar surface area (TPSA) is 41.1 Å². The Balaban J connectivity index is 0.00000200. The lowest BCUT2D eigenvalue weighted by molar-refractivity contribution is 0.0950. The zero-order chi connectivity index (χ0) is 13.7. The lowest BCUT2D eigenvalue weighted by Crippen LogP contribution is -2.31. The molecule has 1 aromatic carbocycles. The van der Waals surface area contributed by atoms with Gasteiger partial charge in [-0.05, 0) is 69.3 Å². The first-order chi connectivity index (χ1) is 9.18. The van der Waals surface area contributed by atoms with Gasteiger partial charge in [-0.3, -0.25) is 4.79 Å². The summed E-state index contributed by atoms with van der Waals surface area (Å²) in [4.78, 5) is 12.1. The molecule has 0 atom stereocenters. The molecule has 1 amide bonds. The fraction of sp³-hybridized carbons (Fsp3) is 0.562. The number of hydrogen-bond donors (Lipinski definition) is 2. The van der Waals surface area contributed by atoms with Crippen LogP contribution in [0.3, 0.4) is 0 Å². The fourth-order valence-electron chi connectivity index (χ4n) is 2.65. The third-order valence-corrected chi connectivity index (χ3v) is 4.15. The van der Waals surface area contributed by atoms with Crippen LogP contribution in [-0.2, 0) is 0 Å². The van der Waals surface area contributed by atoms with Crippen molar-refractivity contribution in [3.05, 3.63) is 34.9 Å². The Bertz CT molecular complexity index is 442. The van der Waals surface area contributed by atoms with E-state index in [0.717, 1.165) is 43.1 Å². The number of halogens is 1. The smallest absolute Gasteiger partial charge is 0.251 e. The summed E-state index contributed by atoms with van der Waals surface area (Å²) < 4.78 is 0. The summed E-state index contributed by atoms with van der Waals surface area (Å²) in [6.45, 7) is 7.08. The van der Waals surface area contributed by atoms with E-state index in [-0.39, 0.29) is 18.3 Å². The molecular weight excluding hydrogens is 272 g/mol. The van der Waals surface area contributed by atoms with E-state index in [9.17, 15) is 4.79 Å². The molecule has 1 aromatic rings. The van der Waals surface area contributed by atoms with Gasteiger partial charge in [0, 0.05) is 12.1 Å². The third kappa shape index (κ3) is 4.50. The summed E-state index contributed by atoms with van der Waals surface area (Å²) in [5.74, 6) is 0.829. The van der Waals surface area contributed by atoms with Crippen LogP contribution in [0.2, 0.25) is 0 Å². The summed E-state index contributed by atoms with van der Waals surface area (Å²) in [6.07, 6.45) is 3.57. The Morgan fingerprint density at radius 3 is 2.70 bits per heavy atom. The van der Waals surface area contributed by atoms with Crippen LogP contribution in [0.15, 0.2) is 18.2 Å². The largest absolute Gasteiger partial charge is 0.352 e. The molecule has 20 heavy (non-hydrogen) atoms. The Kier molecular flexibility index (Phi) is 7.03. The van der Waals surface area contributed by atoms with Gasteiger partial charge < -0.3 is 10.6 Å². The van der Waals surface area contributed by atoms with E-state index >= 15 is 0 Å². The van der Waals surface area contributed by atoms with Gasteiger partial charge in [0.05, 0.1) is 0 Å². The second-order valence-corrected chi connectivity index (χ2v) is 5.49. The average Bonchev–Trinajstić information content (AvgIpc) is 2.43.